The Morgan fingerprint density at radius 3 is 2.74 bits per heavy atom. The number of hydrogen-bond donors (Lipinski definition) is 2. The maximum atomic E-state index is 12.4. The Morgan fingerprint density at radius 1 is 1.43 bits per heavy atom. The van der Waals surface area contributed by atoms with E-state index in [9.17, 15) is 14.7 Å². The van der Waals surface area contributed by atoms with Crippen LogP contribution in [0.25, 0.3) is 10.8 Å². The van der Waals surface area contributed by atoms with E-state index < -0.39 is 12.0 Å². The number of rotatable bonds is 6. The summed E-state index contributed by atoms with van der Waals surface area (Å²) in [6, 6.07) is 2.80. The van der Waals surface area contributed by atoms with Crippen LogP contribution in [0, 0.1) is 19.8 Å². The highest BCUT2D eigenvalue weighted by Crippen LogP contribution is 2.34. The van der Waals surface area contributed by atoms with Gasteiger partial charge in [0, 0.05) is 0 Å². The Kier molecular flexibility index (Phi) is 4.21. The van der Waals surface area contributed by atoms with Gasteiger partial charge in [-0.15, -0.1) is 11.3 Å². The molecule has 1 saturated carbocycles. The van der Waals surface area contributed by atoms with Crippen molar-refractivity contribution in [3.63, 3.8) is 0 Å². The van der Waals surface area contributed by atoms with E-state index in [2.05, 4.69) is 10.3 Å². The fraction of sp³-hybridized carbons (Fsp3) is 0.438. The van der Waals surface area contributed by atoms with Crippen molar-refractivity contribution in [2.75, 3.05) is 0 Å². The zero-order chi connectivity index (χ0) is 16.6. The zero-order valence-corrected chi connectivity index (χ0v) is 13.8. The van der Waals surface area contributed by atoms with Gasteiger partial charge in [0.05, 0.1) is 5.69 Å². The minimum absolute atomic E-state index is 0.387. The number of nitrogens with one attached hydrogen (secondary N) is 1. The first kappa shape index (κ1) is 15.7. The second-order valence-corrected chi connectivity index (χ2v) is 6.89. The van der Waals surface area contributed by atoms with Crippen LogP contribution in [0.5, 0.6) is 0 Å². The molecule has 0 spiro atoms. The number of aryl methyl sites for hydroxylation is 2. The second-order valence-electron chi connectivity index (χ2n) is 5.89. The van der Waals surface area contributed by atoms with Crippen molar-refractivity contribution >= 4 is 23.2 Å². The summed E-state index contributed by atoms with van der Waals surface area (Å²) in [4.78, 5) is 28.5. The summed E-state index contributed by atoms with van der Waals surface area (Å²) < 4.78 is 5.52. The number of carboxylic acid groups (broad SMARTS) is 1. The number of carbonyl (C=O) groups is 2. The maximum Gasteiger partial charge on any atom is 0.326 e. The summed E-state index contributed by atoms with van der Waals surface area (Å²) in [6.07, 6.45) is 2.58. The molecule has 2 heterocycles. The van der Waals surface area contributed by atoms with E-state index in [1.165, 1.54) is 11.3 Å². The van der Waals surface area contributed by atoms with E-state index in [1.807, 2.05) is 19.1 Å². The van der Waals surface area contributed by atoms with Gasteiger partial charge in [-0.25, -0.2) is 9.78 Å². The Hall–Kier alpha value is -2.15. The number of amides is 1. The molecule has 6 nitrogen and oxygen atoms in total. The smallest absolute Gasteiger partial charge is 0.326 e. The Balaban J connectivity index is 1.76. The molecule has 2 N–H and O–H groups in total. The first-order chi connectivity index (χ1) is 10.9. The van der Waals surface area contributed by atoms with Gasteiger partial charge >= 0.3 is 5.97 Å². The maximum absolute atomic E-state index is 12.4. The molecule has 122 valence electrons. The Labute approximate surface area is 137 Å². The quantitative estimate of drug-likeness (QED) is 0.847. The van der Waals surface area contributed by atoms with Gasteiger partial charge in [0.25, 0.3) is 5.91 Å². The van der Waals surface area contributed by atoms with Crippen LogP contribution in [0.3, 0.4) is 0 Å². The molecular weight excluding hydrogens is 316 g/mol. The van der Waals surface area contributed by atoms with Crippen LogP contribution in [0.2, 0.25) is 0 Å². The number of carbonyl (C=O) groups excluding carboxylic acids is 1. The van der Waals surface area contributed by atoms with Gasteiger partial charge in [-0.2, -0.15) is 0 Å². The van der Waals surface area contributed by atoms with Crippen molar-refractivity contribution in [3.05, 3.63) is 28.5 Å². The summed E-state index contributed by atoms with van der Waals surface area (Å²) in [5.41, 5.74) is 0.576. The molecular formula is C16H18N2O4S. The summed E-state index contributed by atoms with van der Waals surface area (Å²) in [5, 5.41) is 12.5. The molecule has 7 heteroatoms. The molecule has 1 aliphatic rings. The monoisotopic (exact) mass is 334 g/mol. The summed E-state index contributed by atoms with van der Waals surface area (Å²) in [5.74, 6) is 0.425. The van der Waals surface area contributed by atoms with Gasteiger partial charge < -0.3 is 14.8 Å². The average molecular weight is 334 g/mol. The highest BCUT2D eigenvalue weighted by atomic mass is 32.1. The Bertz CT molecular complexity index is 745. The Morgan fingerprint density at radius 2 is 2.17 bits per heavy atom. The number of nitrogens with zero attached hydrogens (tertiary/aromatic N) is 1. The van der Waals surface area contributed by atoms with Crippen LogP contribution in [0.4, 0.5) is 0 Å². The molecule has 2 aromatic heterocycles. The minimum atomic E-state index is -0.991. The van der Waals surface area contributed by atoms with Gasteiger partial charge in [-0.3, -0.25) is 4.79 Å². The lowest BCUT2D eigenvalue weighted by Crippen LogP contribution is -2.41. The molecule has 3 rings (SSSR count). The first-order valence-corrected chi connectivity index (χ1v) is 8.33. The highest BCUT2D eigenvalue weighted by molar-refractivity contribution is 7.17. The summed E-state index contributed by atoms with van der Waals surface area (Å²) in [6.45, 7) is 3.58. The fourth-order valence-electron chi connectivity index (χ4n) is 2.39. The molecule has 23 heavy (non-hydrogen) atoms. The summed E-state index contributed by atoms with van der Waals surface area (Å²) >= 11 is 1.21. The van der Waals surface area contributed by atoms with Crippen molar-refractivity contribution in [3.8, 4) is 10.8 Å². The number of aliphatic carboxylic acids is 1. The van der Waals surface area contributed by atoms with Crippen LogP contribution >= 0.6 is 11.3 Å². The van der Waals surface area contributed by atoms with E-state index in [-0.39, 0.29) is 5.91 Å². The lowest BCUT2D eigenvalue weighted by molar-refractivity contribution is -0.139. The molecule has 0 aliphatic heterocycles. The van der Waals surface area contributed by atoms with Crippen molar-refractivity contribution in [2.24, 2.45) is 5.92 Å². The zero-order valence-electron chi connectivity index (χ0n) is 13.0. The highest BCUT2D eigenvalue weighted by Gasteiger charge is 2.31. The molecule has 0 radical (unpaired) electrons. The van der Waals surface area contributed by atoms with E-state index >= 15 is 0 Å². The van der Waals surface area contributed by atoms with Crippen LogP contribution in [0.1, 0.15) is 40.4 Å². The molecule has 1 unspecified atom stereocenters. The van der Waals surface area contributed by atoms with Crippen LogP contribution in [-0.2, 0) is 4.79 Å². The molecule has 0 aromatic carbocycles. The number of furan rings is 1. The van der Waals surface area contributed by atoms with Gasteiger partial charge in [0.1, 0.15) is 16.7 Å². The molecule has 1 fully saturated rings. The van der Waals surface area contributed by atoms with Crippen molar-refractivity contribution in [1.29, 1.82) is 0 Å². The molecule has 1 atom stereocenters. The third-order valence-corrected chi connectivity index (χ3v) is 4.99. The van der Waals surface area contributed by atoms with Gasteiger partial charge in [-0.05, 0) is 38.3 Å². The van der Waals surface area contributed by atoms with Crippen molar-refractivity contribution in [1.82, 2.24) is 10.3 Å². The van der Waals surface area contributed by atoms with Gasteiger partial charge in [0.15, 0.2) is 10.8 Å². The summed E-state index contributed by atoms with van der Waals surface area (Å²) in [7, 11) is 0. The molecule has 2 aromatic rings. The van der Waals surface area contributed by atoms with Crippen LogP contribution < -0.4 is 5.32 Å². The number of hydrogen-bond acceptors (Lipinski definition) is 5. The van der Waals surface area contributed by atoms with Crippen molar-refractivity contribution in [2.45, 2.75) is 39.2 Å². The normalized spacial score (nSPS) is 15.4. The number of thiazole rings is 1. The third kappa shape index (κ3) is 3.61. The second kappa shape index (κ2) is 6.16. The first-order valence-electron chi connectivity index (χ1n) is 7.52. The minimum Gasteiger partial charge on any atom is -0.480 e. The molecule has 0 saturated heterocycles. The number of aromatic nitrogens is 1. The molecule has 0 bridgehead atoms. The van der Waals surface area contributed by atoms with E-state index in [4.69, 9.17) is 4.42 Å². The molecule has 1 aliphatic carbocycles. The largest absolute Gasteiger partial charge is 0.480 e. The SMILES string of the molecule is Cc1ccc(-c2nc(C)c(C(=O)NC(CC3CC3)C(=O)O)s2)o1. The van der Waals surface area contributed by atoms with Crippen LogP contribution in [-0.4, -0.2) is 28.0 Å². The molecule has 1 amide bonds. The average Bonchev–Trinajstić information content (AvgIpc) is 3.06. The standard InChI is InChI=1S/C16H18N2O4S/c1-8-3-6-12(22-8)15-17-9(2)13(23-15)14(19)18-11(16(20)21)7-10-4-5-10/h3,6,10-11H,4-5,7H2,1-2H3,(H,18,19)(H,20,21). The topological polar surface area (TPSA) is 92.4 Å². The lowest BCUT2D eigenvalue weighted by Gasteiger charge is -2.13. The van der Waals surface area contributed by atoms with Gasteiger partial charge in [0.2, 0.25) is 0 Å². The van der Waals surface area contributed by atoms with Crippen LogP contribution in [0.15, 0.2) is 16.5 Å². The van der Waals surface area contributed by atoms with E-state index in [1.54, 1.807) is 6.92 Å². The number of carboxylic acids is 1. The predicted octanol–water partition coefficient (Wildman–Crippen LogP) is 3.00. The lowest BCUT2D eigenvalue weighted by atomic mass is 10.1. The third-order valence-electron chi connectivity index (χ3n) is 3.82. The van der Waals surface area contributed by atoms with Crippen molar-refractivity contribution < 1.29 is 19.1 Å². The predicted molar refractivity (Wildman–Crippen MR) is 85.5 cm³/mol. The van der Waals surface area contributed by atoms with E-state index in [0.717, 1.165) is 18.6 Å². The van der Waals surface area contributed by atoms with Gasteiger partial charge in [-0.1, -0.05) is 12.8 Å². The van der Waals surface area contributed by atoms with E-state index in [0.29, 0.717) is 33.7 Å². The fourth-order valence-corrected chi connectivity index (χ4v) is 3.33.